The van der Waals surface area contributed by atoms with Crippen LogP contribution in [-0.4, -0.2) is 72.5 Å². The molecule has 1 aromatic carbocycles. The smallest absolute Gasteiger partial charge is 0.271 e. The van der Waals surface area contributed by atoms with Gasteiger partial charge in [-0.15, -0.1) is 0 Å². The molecule has 198 valence electrons. The fourth-order valence-electron chi connectivity index (χ4n) is 6.63. The Bertz CT molecular complexity index is 1240. The second-order valence-electron chi connectivity index (χ2n) is 10.4. The van der Waals surface area contributed by atoms with E-state index >= 15 is 0 Å². The van der Waals surface area contributed by atoms with Gasteiger partial charge in [0.2, 0.25) is 17.7 Å². The number of H-pyrrole nitrogens is 1. The number of carbonyl (C=O) groups is 4. The minimum atomic E-state index is -0.928. The summed E-state index contributed by atoms with van der Waals surface area (Å²) in [5.41, 5.74) is 12.2. The van der Waals surface area contributed by atoms with E-state index in [1.165, 1.54) is 4.90 Å². The van der Waals surface area contributed by atoms with Gasteiger partial charge < -0.3 is 36.1 Å². The number of amides is 4. The minimum absolute atomic E-state index is 0.127. The number of primary amides is 2. The van der Waals surface area contributed by atoms with Crippen molar-refractivity contribution in [2.75, 3.05) is 26.9 Å². The molecule has 3 aliphatic heterocycles. The average molecular weight is 512 g/mol. The number of likely N-dealkylation sites (tertiary alicyclic amines) is 1. The Labute approximate surface area is 214 Å². The molecule has 3 saturated heterocycles. The molecule has 3 fully saturated rings. The molecule has 4 amide bonds. The number of hydrogen-bond donors (Lipinski definition) is 4. The van der Waals surface area contributed by atoms with Crippen LogP contribution in [0.3, 0.4) is 0 Å². The van der Waals surface area contributed by atoms with Crippen LogP contribution in [0.1, 0.15) is 42.6 Å². The molecule has 37 heavy (non-hydrogen) atoms. The van der Waals surface area contributed by atoms with E-state index < -0.39 is 47.1 Å². The largest absolute Gasteiger partial charge is 0.496 e. The molecule has 5 rings (SSSR count). The molecule has 0 radical (unpaired) electrons. The number of aromatic amines is 1. The summed E-state index contributed by atoms with van der Waals surface area (Å²) in [5, 5.41) is 3.52. The normalized spacial score (nSPS) is 25.8. The van der Waals surface area contributed by atoms with E-state index in [0.717, 1.165) is 5.39 Å². The molecule has 1 spiro atoms. The van der Waals surface area contributed by atoms with Gasteiger partial charge in [-0.3, -0.25) is 19.2 Å². The maximum absolute atomic E-state index is 14.2. The Hall–Kier alpha value is -3.60. The second-order valence-corrected chi connectivity index (χ2v) is 10.4. The van der Waals surface area contributed by atoms with Gasteiger partial charge in [-0.05, 0) is 55.7 Å². The number of benzene rings is 1. The molecule has 2 aromatic rings. The number of ether oxygens (including phenoxy) is 2. The highest BCUT2D eigenvalue weighted by molar-refractivity contribution is 6.02. The lowest BCUT2D eigenvalue weighted by molar-refractivity contribution is -0.130. The first-order chi connectivity index (χ1) is 17.8. The number of nitrogens with two attached hydrogens (primary N) is 2. The zero-order valence-corrected chi connectivity index (χ0v) is 20.8. The van der Waals surface area contributed by atoms with E-state index in [-0.39, 0.29) is 18.0 Å². The van der Waals surface area contributed by atoms with Crippen LogP contribution in [0.25, 0.3) is 10.9 Å². The fraction of sp³-hybridized carbons (Fsp3) is 0.538. The van der Waals surface area contributed by atoms with Gasteiger partial charge in [0.05, 0.1) is 19.1 Å². The molecule has 0 saturated carbocycles. The number of fused-ring (bicyclic) bond motifs is 1. The second kappa shape index (κ2) is 9.70. The molecule has 11 heteroatoms. The standard InChI is InChI=1S/C26H33N5O6/c1-36-20-4-2-3-17-15(20)12-18(30-17)25(35)31-19(23(28)33)13-26(6-9-37-10-7-26)21(31)16(22(27)32)11-14-5-8-29-24(14)34/h2-4,12,14,16,19,21,30H,5-11,13H2,1H3,(H2,27,32)(H2,28,33)(H,29,34)/t14-,16+,19?,21?/m1/s1. The van der Waals surface area contributed by atoms with Crippen LogP contribution in [0, 0.1) is 17.3 Å². The Balaban J connectivity index is 1.60. The minimum Gasteiger partial charge on any atom is -0.496 e. The van der Waals surface area contributed by atoms with Crippen LogP contribution in [0.2, 0.25) is 0 Å². The van der Waals surface area contributed by atoms with Crippen LogP contribution in [0.15, 0.2) is 24.3 Å². The topological polar surface area (TPSA) is 170 Å². The highest BCUT2D eigenvalue weighted by Gasteiger charge is 2.59. The third-order valence-electron chi connectivity index (χ3n) is 8.44. The molecule has 1 aromatic heterocycles. The van der Waals surface area contributed by atoms with Crippen LogP contribution in [0.4, 0.5) is 0 Å². The van der Waals surface area contributed by atoms with Crippen molar-refractivity contribution in [1.82, 2.24) is 15.2 Å². The van der Waals surface area contributed by atoms with Gasteiger partial charge in [0, 0.05) is 36.6 Å². The van der Waals surface area contributed by atoms with Crippen molar-refractivity contribution < 1.29 is 28.7 Å². The third kappa shape index (κ3) is 4.30. The number of rotatable bonds is 7. The zero-order chi connectivity index (χ0) is 26.3. The van der Waals surface area contributed by atoms with E-state index in [4.69, 9.17) is 20.9 Å². The van der Waals surface area contributed by atoms with Gasteiger partial charge >= 0.3 is 0 Å². The van der Waals surface area contributed by atoms with Crippen molar-refractivity contribution in [3.63, 3.8) is 0 Å². The van der Waals surface area contributed by atoms with E-state index in [1.54, 1.807) is 19.2 Å². The van der Waals surface area contributed by atoms with Crippen molar-refractivity contribution in [2.24, 2.45) is 28.7 Å². The Kier molecular flexibility index (Phi) is 6.57. The fourth-order valence-corrected chi connectivity index (χ4v) is 6.63. The molecule has 3 aliphatic rings. The van der Waals surface area contributed by atoms with Crippen molar-refractivity contribution in [1.29, 1.82) is 0 Å². The number of methoxy groups -OCH3 is 1. The lowest BCUT2D eigenvalue weighted by Gasteiger charge is -2.44. The number of nitrogens with one attached hydrogen (secondary N) is 2. The summed E-state index contributed by atoms with van der Waals surface area (Å²) in [4.78, 5) is 57.0. The van der Waals surface area contributed by atoms with Crippen LogP contribution in [0.5, 0.6) is 5.75 Å². The summed E-state index contributed by atoms with van der Waals surface area (Å²) in [7, 11) is 1.55. The van der Waals surface area contributed by atoms with Crippen LogP contribution >= 0.6 is 0 Å². The van der Waals surface area contributed by atoms with Crippen molar-refractivity contribution in [2.45, 2.75) is 44.2 Å². The molecule has 11 nitrogen and oxygen atoms in total. The summed E-state index contributed by atoms with van der Waals surface area (Å²) >= 11 is 0. The van der Waals surface area contributed by atoms with Crippen molar-refractivity contribution in [3.8, 4) is 5.75 Å². The molecule has 0 bridgehead atoms. The lowest BCUT2D eigenvalue weighted by Crippen LogP contribution is -2.56. The summed E-state index contributed by atoms with van der Waals surface area (Å²) < 4.78 is 11.1. The van der Waals surface area contributed by atoms with Crippen molar-refractivity contribution >= 4 is 34.5 Å². The number of hydrogen-bond acceptors (Lipinski definition) is 6. The molecule has 4 heterocycles. The molecule has 0 aliphatic carbocycles. The van der Waals surface area contributed by atoms with E-state index in [2.05, 4.69) is 10.3 Å². The number of nitrogens with zero attached hydrogens (tertiary/aromatic N) is 1. The van der Waals surface area contributed by atoms with Gasteiger partial charge in [0.25, 0.3) is 5.91 Å². The predicted octanol–water partition coefficient (Wildman–Crippen LogP) is 0.669. The van der Waals surface area contributed by atoms with Gasteiger partial charge in [-0.1, -0.05) is 6.07 Å². The molecule has 6 N–H and O–H groups in total. The lowest BCUT2D eigenvalue weighted by atomic mass is 9.67. The van der Waals surface area contributed by atoms with Crippen molar-refractivity contribution in [3.05, 3.63) is 30.0 Å². The Morgan fingerprint density at radius 2 is 2.00 bits per heavy atom. The zero-order valence-electron chi connectivity index (χ0n) is 20.8. The van der Waals surface area contributed by atoms with E-state index in [1.807, 2.05) is 12.1 Å². The van der Waals surface area contributed by atoms with Gasteiger partial charge in [-0.2, -0.15) is 0 Å². The summed E-state index contributed by atoms with van der Waals surface area (Å²) in [6.45, 7) is 1.40. The average Bonchev–Trinajstić information content (AvgIpc) is 3.58. The third-order valence-corrected chi connectivity index (χ3v) is 8.44. The van der Waals surface area contributed by atoms with Crippen LogP contribution < -0.4 is 21.5 Å². The van der Waals surface area contributed by atoms with Gasteiger partial charge in [0.1, 0.15) is 17.5 Å². The summed E-state index contributed by atoms with van der Waals surface area (Å²) in [5.74, 6) is -2.44. The first-order valence-electron chi connectivity index (χ1n) is 12.7. The molecular formula is C26H33N5O6. The summed E-state index contributed by atoms with van der Waals surface area (Å²) in [6.07, 6.45) is 2.19. The summed E-state index contributed by atoms with van der Waals surface area (Å²) in [6, 6.07) is 5.48. The van der Waals surface area contributed by atoms with Gasteiger partial charge in [-0.25, -0.2) is 0 Å². The Morgan fingerprint density at radius 1 is 1.24 bits per heavy atom. The quantitative estimate of drug-likeness (QED) is 0.426. The van der Waals surface area contributed by atoms with E-state index in [9.17, 15) is 19.2 Å². The van der Waals surface area contributed by atoms with Gasteiger partial charge in [0.15, 0.2) is 0 Å². The predicted molar refractivity (Wildman–Crippen MR) is 133 cm³/mol. The first-order valence-corrected chi connectivity index (χ1v) is 12.7. The maximum Gasteiger partial charge on any atom is 0.271 e. The maximum atomic E-state index is 14.2. The Morgan fingerprint density at radius 3 is 2.62 bits per heavy atom. The first kappa shape index (κ1) is 25.1. The highest BCUT2D eigenvalue weighted by Crippen LogP contribution is 2.52. The monoisotopic (exact) mass is 511 g/mol. The SMILES string of the molecule is COc1cccc2[nH]c(C(=O)N3C(C(N)=O)CC4(CCOCC4)C3[C@H](C[C@H]3CCNC3=O)C(N)=O)cc12. The molecule has 4 atom stereocenters. The van der Waals surface area contributed by atoms with E-state index in [0.29, 0.717) is 56.7 Å². The number of carbonyl (C=O) groups excluding carboxylic acids is 4. The molecule has 2 unspecified atom stereocenters. The van der Waals surface area contributed by atoms with Crippen LogP contribution in [-0.2, 0) is 19.1 Å². The highest BCUT2D eigenvalue weighted by atomic mass is 16.5. The number of aromatic nitrogens is 1. The molecular weight excluding hydrogens is 478 g/mol.